The highest BCUT2D eigenvalue weighted by Crippen LogP contribution is 2.37. The number of para-hydroxylation sites is 1. The molecule has 9 heteroatoms. The molecule has 0 saturated carbocycles. The summed E-state index contributed by atoms with van der Waals surface area (Å²) in [4.78, 5) is 34.9. The average molecular weight is 494 g/mol. The average Bonchev–Trinajstić information content (AvgIpc) is 3.38. The number of H-pyrrole nitrogens is 1. The van der Waals surface area contributed by atoms with E-state index in [-0.39, 0.29) is 11.1 Å². The highest BCUT2D eigenvalue weighted by atomic mass is 35.5. The Morgan fingerprint density at radius 1 is 1.24 bits per heavy atom. The number of rotatable bonds is 4. The van der Waals surface area contributed by atoms with E-state index in [9.17, 15) is 9.59 Å². The molecular formula is C25H20ClN3O4S. The number of esters is 1. The first-order valence-corrected chi connectivity index (χ1v) is 11.6. The van der Waals surface area contributed by atoms with Gasteiger partial charge in [0.05, 0.1) is 30.0 Å². The minimum atomic E-state index is -0.803. The Morgan fingerprint density at radius 3 is 2.79 bits per heavy atom. The van der Waals surface area contributed by atoms with Gasteiger partial charge in [0.15, 0.2) is 4.80 Å². The molecule has 1 N–H and O–H groups in total. The van der Waals surface area contributed by atoms with Gasteiger partial charge in [0.2, 0.25) is 0 Å². The van der Waals surface area contributed by atoms with E-state index in [1.807, 2.05) is 36.5 Å². The molecule has 3 heterocycles. The number of thiazole rings is 1. The number of ether oxygens (including phenoxy) is 2. The number of aromatic amines is 1. The van der Waals surface area contributed by atoms with Gasteiger partial charge < -0.3 is 14.5 Å². The number of benzene rings is 2. The summed E-state index contributed by atoms with van der Waals surface area (Å²) >= 11 is 7.57. The zero-order valence-electron chi connectivity index (χ0n) is 18.6. The first-order chi connectivity index (χ1) is 16.4. The number of halogens is 1. The quantitative estimate of drug-likeness (QED) is 0.440. The lowest BCUT2D eigenvalue weighted by atomic mass is 9.95. The molecule has 1 atom stereocenters. The summed E-state index contributed by atoms with van der Waals surface area (Å²) < 4.78 is 12.6. The lowest BCUT2D eigenvalue weighted by molar-refractivity contribution is -0.136. The molecule has 5 rings (SSSR count). The van der Waals surface area contributed by atoms with Crippen LogP contribution in [0.3, 0.4) is 0 Å². The topological polar surface area (TPSA) is 85.7 Å². The molecule has 4 aromatic rings. The third-order valence-corrected chi connectivity index (χ3v) is 7.04. The van der Waals surface area contributed by atoms with Crippen LogP contribution >= 0.6 is 22.9 Å². The van der Waals surface area contributed by atoms with E-state index < -0.39 is 12.0 Å². The number of aromatic nitrogens is 2. The fourth-order valence-electron chi connectivity index (χ4n) is 4.26. The Hall–Kier alpha value is -3.62. The maximum atomic E-state index is 13.7. The molecule has 1 unspecified atom stereocenters. The predicted molar refractivity (Wildman–Crippen MR) is 132 cm³/mol. The van der Waals surface area contributed by atoms with E-state index in [0.29, 0.717) is 31.4 Å². The van der Waals surface area contributed by atoms with Crippen molar-refractivity contribution < 1.29 is 14.3 Å². The number of hydrogen-bond donors (Lipinski definition) is 1. The van der Waals surface area contributed by atoms with Crippen LogP contribution in [0.25, 0.3) is 17.0 Å². The number of carbonyl (C=O) groups is 1. The molecule has 0 bridgehead atoms. The fraction of sp³-hybridized carbons (Fsp3) is 0.160. The van der Waals surface area contributed by atoms with Crippen molar-refractivity contribution in [2.45, 2.75) is 13.0 Å². The summed E-state index contributed by atoms with van der Waals surface area (Å²) in [5.41, 5.74) is 2.90. The lowest BCUT2D eigenvalue weighted by Gasteiger charge is -2.25. The van der Waals surface area contributed by atoms with Crippen molar-refractivity contribution in [3.8, 4) is 5.75 Å². The zero-order chi connectivity index (χ0) is 24.0. The third kappa shape index (κ3) is 3.55. The number of carbonyl (C=O) groups excluding carboxylic acids is 1. The van der Waals surface area contributed by atoms with Gasteiger partial charge in [-0.15, -0.1) is 0 Å². The van der Waals surface area contributed by atoms with Crippen LogP contribution in [0.1, 0.15) is 24.1 Å². The van der Waals surface area contributed by atoms with Crippen LogP contribution in [0.2, 0.25) is 5.02 Å². The monoisotopic (exact) mass is 493 g/mol. The van der Waals surface area contributed by atoms with Gasteiger partial charge in [-0.05, 0) is 37.3 Å². The molecule has 0 fully saturated rings. The van der Waals surface area contributed by atoms with E-state index in [4.69, 9.17) is 21.1 Å². The van der Waals surface area contributed by atoms with E-state index in [0.717, 1.165) is 16.5 Å². The Labute approximate surface area is 203 Å². The van der Waals surface area contributed by atoms with Gasteiger partial charge in [0.25, 0.3) is 5.56 Å². The van der Waals surface area contributed by atoms with Crippen molar-refractivity contribution in [2.24, 2.45) is 4.99 Å². The number of methoxy groups -OCH3 is 2. The summed E-state index contributed by atoms with van der Waals surface area (Å²) in [6.07, 6.45) is 3.71. The van der Waals surface area contributed by atoms with E-state index in [1.54, 1.807) is 25.1 Å². The molecule has 0 radical (unpaired) electrons. The summed E-state index contributed by atoms with van der Waals surface area (Å²) in [5, 5.41) is 1.46. The van der Waals surface area contributed by atoms with Crippen LogP contribution in [0.15, 0.2) is 69.7 Å². The number of allylic oxidation sites excluding steroid dienone is 1. The number of hydrogen-bond acceptors (Lipinski definition) is 6. The maximum absolute atomic E-state index is 13.7. The van der Waals surface area contributed by atoms with Gasteiger partial charge in [0.1, 0.15) is 11.8 Å². The zero-order valence-corrected chi connectivity index (χ0v) is 20.2. The van der Waals surface area contributed by atoms with Gasteiger partial charge in [-0.1, -0.05) is 41.1 Å². The Balaban J connectivity index is 1.80. The minimum Gasteiger partial charge on any atom is -0.496 e. The largest absolute Gasteiger partial charge is 0.496 e. The maximum Gasteiger partial charge on any atom is 0.338 e. The van der Waals surface area contributed by atoms with Crippen molar-refractivity contribution in [1.82, 2.24) is 9.55 Å². The summed E-state index contributed by atoms with van der Waals surface area (Å²) in [6.45, 7) is 1.73. The number of nitrogens with one attached hydrogen (secondary N) is 1. The third-order valence-electron chi connectivity index (χ3n) is 5.82. The first kappa shape index (κ1) is 22.2. The first-order valence-electron chi connectivity index (χ1n) is 10.4. The van der Waals surface area contributed by atoms with Crippen molar-refractivity contribution in [2.75, 3.05) is 14.2 Å². The Kier molecular flexibility index (Phi) is 5.63. The van der Waals surface area contributed by atoms with Gasteiger partial charge in [-0.25, -0.2) is 9.79 Å². The molecule has 1 aliphatic rings. The van der Waals surface area contributed by atoms with Crippen molar-refractivity contribution in [3.63, 3.8) is 0 Å². The smallest absolute Gasteiger partial charge is 0.338 e. The summed E-state index contributed by atoms with van der Waals surface area (Å²) in [6, 6.07) is 12.2. The van der Waals surface area contributed by atoms with Gasteiger partial charge in [-0.2, -0.15) is 0 Å². The number of nitrogens with zero attached hydrogens (tertiary/aromatic N) is 2. The summed E-state index contributed by atoms with van der Waals surface area (Å²) in [5.74, 6) is -0.0732. The Bertz CT molecular complexity index is 1660. The molecule has 2 aromatic heterocycles. The molecule has 0 amide bonds. The minimum absolute atomic E-state index is 0.258. The normalized spacial score (nSPS) is 15.9. The van der Waals surface area contributed by atoms with Crippen molar-refractivity contribution in [1.29, 1.82) is 0 Å². The van der Waals surface area contributed by atoms with Crippen LogP contribution in [-0.4, -0.2) is 29.7 Å². The van der Waals surface area contributed by atoms with Crippen molar-refractivity contribution in [3.05, 3.63) is 95.8 Å². The number of fused-ring (bicyclic) bond motifs is 2. The van der Waals surface area contributed by atoms with Crippen LogP contribution in [0.4, 0.5) is 0 Å². The highest BCUT2D eigenvalue weighted by Gasteiger charge is 2.35. The van der Waals surface area contributed by atoms with E-state index >= 15 is 0 Å². The van der Waals surface area contributed by atoms with Crippen LogP contribution in [0, 0.1) is 0 Å². The fourth-order valence-corrected chi connectivity index (χ4v) is 5.48. The molecule has 2 aromatic carbocycles. The molecule has 0 spiro atoms. The molecule has 1 aliphatic heterocycles. The standard InChI is InChI=1S/C25H20ClN3O4S/c1-13-21(24(31)33-3)22(17-11-15(26)8-9-19(17)32-2)29-23(30)20(34-25(29)28-13)10-14-12-27-18-7-5-4-6-16(14)18/h4-12,22,27H,1-3H3. The molecule has 34 heavy (non-hydrogen) atoms. The molecule has 7 nitrogen and oxygen atoms in total. The SMILES string of the molecule is COC(=O)C1=C(C)N=c2sc(=Cc3c[nH]c4ccccc34)c(=O)n2C1c1cc(Cl)ccc1OC. The predicted octanol–water partition coefficient (Wildman–Crippen LogP) is 3.55. The second kappa shape index (κ2) is 8.62. The van der Waals surface area contributed by atoms with Crippen LogP contribution in [0.5, 0.6) is 5.75 Å². The van der Waals surface area contributed by atoms with Crippen LogP contribution in [-0.2, 0) is 9.53 Å². The lowest BCUT2D eigenvalue weighted by Crippen LogP contribution is -2.40. The molecule has 0 aliphatic carbocycles. The second-order valence-corrected chi connectivity index (χ2v) is 9.19. The summed E-state index contributed by atoms with van der Waals surface area (Å²) in [7, 11) is 2.83. The van der Waals surface area contributed by atoms with Crippen molar-refractivity contribution >= 4 is 45.9 Å². The Morgan fingerprint density at radius 2 is 2.03 bits per heavy atom. The van der Waals surface area contributed by atoms with Gasteiger partial charge in [-0.3, -0.25) is 9.36 Å². The molecular weight excluding hydrogens is 474 g/mol. The van der Waals surface area contributed by atoms with E-state index in [1.165, 1.54) is 30.1 Å². The highest BCUT2D eigenvalue weighted by molar-refractivity contribution is 7.07. The second-order valence-electron chi connectivity index (χ2n) is 7.75. The van der Waals surface area contributed by atoms with Gasteiger partial charge in [0, 0.05) is 33.2 Å². The van der Waals surface area contributed by atoms with E-state index in [2.05, 4.69) is 9.98 Å². The molecule has 172 valence electrons. The molecule has 0 saturated heterocycles. The van der Waals surface area contributed by atoms with Crippen LogP contribution < -0.4 is 19.6 Å². The van der Waals surface area contributed by atoms with Gasteiger partial charge >= 0.3 is 5.97 Å².